The predicted molar refractivity (Wildman–Crippen MR) is 78.5 cm³/mol. The lowest BCUT2D eigenvalue weighted by Crippen LogP contribution is -2.20. The number of anilines is 1. The SMILES string of the molecule is O=S1(=O)CCC(Nc2cccc(Cn3cccn3)c2)C1. The summed E-state index contributed by atoms with van der Waals surface area (Å²) in [6, 6.07) is 9.96. The van der Waals surface area contributed by atoms with Gasteiger partial charge >= 0.3 is 0 Å². The van der Waals surface area contributed by atoms with E-state index in [9.17, 15) is 8.42 Å². The van der Waals surface area contributed by atoms with Crippen LogP contribution in [0.4, 0.5) is 5.69 Å². The molecule has 20 heavy (non-hydrogen) atoms. The first kappa shape index (κ1) is 13.2. The van der Waals surface area contributed by atoms with Crippen molar-refractivity contribution >= 4 is 15.5 Å². The van der Waals surface area contributed by atoms with E-state index in [0.717, 1.165) is 11.3 Å². The molecule has 6 heteroatoms. The van der Waals surface area contributed by atoms with Crippen LogP contribution in [0.15, 0.2) is 42.7 Å². The van der Waals surface area contributed by atoms with Crippen molar-refractivity contribution in [2.24, 2.45) is 0 Å². The van der Waals surface area contributed by atoms with Crippen molar-refractivity contribution in [1.29, 1.82) is 0 Å². The van der Waals surface area contributed by atoms with Crippen molar-refractivity contribution in [3.63, 3.8) is 0 Å². The summed E-state index contributed by atoms with van der Waals surface area (Å²) in [4.78, 5) is 0. The topological polar surface area (TPSA) is 64.0 Å². The minimum Gasteiger partial charge on any atom is -0.381 e. The molecule has 0 saturated carbocycles. The molecule has 0 radical (unpaired) electrons. The van der Waals surface area contributed by atoms with Crippen LogP contribution in [0.1, 0.15) is 12.0 Å². The summed E-state index contributed by atoms with van der Waals surface area (Å²) in [5.74, 6) is 0.522. The van der Waals surface area contributed by atoms with Crippen molar-refractivity contribution in [2.45, 2.75) is 19.0 Å². The third kappa shape index (κ3) is 3.19. The van der Waals surface area contributed by atoms with Gasteiger partial charge in [-0.25, -0.2) is 8.42 Å². The van der Waals surface area contributed by atoms with Crippen LogP contribution in [-0.4, -0.2) is 35.7 Å². The zero-order valence-corrected chi connectivity index (χ0v) is 11.9. The van der Waals surface area contributed by atoms with E-state index in [-0.39, 0.29) is 17.5 Å². The van der Waals surface area contributed by atoms with Gasteiger partial charge in [0.1, 0.15) is 0 Å². The first-order valence-electron chi connectivity index (χ1n) is 6.64. The molecule has 1 saturated heterocycles. The number of hydrogen-bond acceptors (Lipinski definition) is 4. The highest BCUT2D eigenvalue weighted by Gasteiger charge is 2.27. The highest BCUT2D eigenvalue weighted by atomic mass is 32.2. The Morgan fingerprint density at radius 3 is 2.95 bits per heavy atom. The molecule has 3 rings (SSSR count). The highest BCUT2D eigenvalue weighted by molar-refractivity contribution is 7.91. The molecular formula is C14H17N3O2S. The highest BCUT2D eigenvalue weighted by Crippen LogP contribution is 2.18. The lowest BCUT2D eigenvalue weighted by atomic mass is 10.1. The van der Waals surface area contributed by atoms with Crippen molar-refractivity contribution in [2.75, 3.05) is 16.8 Å². The van der Waals surface area contributed by atoms with Crippen LogP contribution < -0.4 is 5.32 Å². The molecule has 5 nitrogen and oxygen atoms in total. The maximum Gasteiger partial charge on any atom is 0.152 e. The number of rotatable bonds is 4. The summed E-state index contributed by atoms with van der Waals surface area (Å²) in [6.45, 7) is 0.714. The van der Waals surface area contributed by atoms with Crippen LogP contribution in [0.5, 0.6) is 0 Å². The van der Waals surface area contributed by atoms with Crippen molar-refractivity contribution < 1.29 is 8.42 Å². The minimum atomic E-state index is -2.84. The third-order valence-electron chi connectivity index (χ3n) is 3.43. The number of aromatic nitrogens is 2. The Bertz CT molecular complexity index is 680. The van der Waals surface area contributed by atoms with Gasteiger partial charge in [-0.15, -0.1) is 0 Å². The summed E-state index contributed by atoms with van der Waals surface area (Å²) in [7, 11) is -2.84. The Hall–Kier alpha value is -1.82. The summed E-state index contributed by atoms with van der Waals surface area (Å²) in [5, 5.41) is 7.49. The first-order valence-corrected chi connectivity index (χ1v) is 8.46. The zero-order chi connectivity index (χ0) is 14.0. The fourth-order valence-corrected chi connectivity index (χ4v) is 4.16. The van der Waals surface area contributed by atoms with Crippen LogP contribution >= 0.6 is 0 Å². The zero-order valence-electron chi connectivity index (χ0n) is 11.1. The molecule has 1 aliphatic rings. The molecule has 1 aliphatic heterocycles. The van der Waals surface area contributed by atoms with Crippen LogP contribution in [0.25, 0.3) is 0 Å². The number of sulfone groups is 1. The van der Waals surface area contributed by atoms with E-state index < -0.39 is 9.84 Å². The standard InChI is InChI=1S/C14H17N3O2S/c18-20(19)8-5-14(11-20)16-13-4-1-3-12(9-13)10-17-7-2-6-15-17/h1-4,6-7,9,14,16H,5,8,10-11H2. The molecule has 0 amide bonds. The molecule has 2 aromatic rings. The van der Waals surface area contributed by atoms with Gasteiger partial charge < -0.3 is 5.32 Å². The second-order valence-corrected chi connectivity index (χ2v) is 7.38. The third-order valence-corrected chi connectivity index (χ3v) is 5.20. The van der Waals surface area contributed by atoms with E-state index >= 15 is 0 Å². The lowest BCUT2D eigenvalue weighted by Gasteiger charge is -2.13. The Labute approximate surface area is 118 Å². The second kappa shape index (κ2) is 5.28. The van der Waals surface area contributed by atoms with Gasteiger partial charge in [0.25, 0.3) is 0 Å². The summed E-state index contributed by atoms with van der Waals surface area (Å²) in [6.07, 6.45) is 4.36. The van der Waals surface area contributed by atoms with E-state index in [1.54, 1.807) is 6.20 Å². The monoisotopic (exact) mass is 291 g/mol. The van der Waals surface area contributed by atoms with Crippen LogP contribution in [-0.2, 0) is 16.4 Å². The molecule has 1 N–H and O–H groups in total. The van der Waals surface area contributed by atoms with Crippen LogP contribution in [0, 0.1) is 0 Å². The molecule has 1 aromatic heterocycles. The molecule has 0 aliphatic carbocycles. The maximum absolute atomic E-state index is 11.5. The van der Waals surface area contributed by atoms with Gasteiger partial charge in [0.05, 0.1) is 18.1 Å². The largest absolute Gasteiger partial charge is 0.381 e. The van der Waals surface area contributed by atoms with E-state index in [1.165, 1.54) is 0 Å². The van der Waals surface area contributed by atoms with E-state index in [1.807, 2.05) is 41.2 Å². The molecule has 2 heterocycles. The van der Waals surface area contributed by atoms with Gasteiger partial charge in [0.15, 0.2) is 9.84 Å². The number of nitrogens with one attached hydrogen (secondary N) is 1. The molecule has 1 atom stereocenters. The Kier molecular flexibility index (Phi) is 3.48. The van der Waals surface area contributed by atoms with E-state index in [4.69, 9.17) is 0 Å². The maximum atomic E-state index is 11.5. The fraction of sp³-hybridized carbons (Fsp3) is 0.357. The normalized spacial score (nSPS) is 20.9. The molecule has 0 bridgehead atoms. The smallest absolute Gasteiger partial charge is 0.152 e. The quantitative estimate of drug-likeness (QED) is 0.928. The van der Waals surface area contributed by atoms with Crippen LogP contribution in [0.2, 0.25) is 0 Å². The summed E-state index contributed by atoms with van der Waals surface area (Å²) < 4.78 is 24.8. The average molecular weight is 291 g/mol. The molecule has 1 aromatic carbocycles. The average Bonchev–Trinajstić information content (AvgIpc) is 3.00. The van der Waals surface area contributed by atoms with Gasteiger partial charge in [-0.1, -0.05) is 12.1 Å². The predicted octanol–water partition coefficient (Wildman–Crippen LogP) is 1.53. The Morgan fingerprint density at radius 2 is 2.25 bits per heavy atom. The van der Waals surface area contributed by atoms with Gasteiger partial charge in [0, 0.05) is 24.1 Å². The number of nitrogens with zero attached hydrogens (tertiary/aromatic N) is 2. The first-order chi connectivity index (χ1) is 9.61. The van der Waals surface area contributed by atoms with Gasteiger partial charge in [0.2, 0.25) is 0 Å². The van der Waals surface area contributed by atoms with Crippen LogP contribution in [0.3, 0.4) is 0 Å². The van der Waals surface area contributed by atoms with Crippen molar-refractivity contribution in [3.8, 4) is 0 Å². The number of benzene rings is 1. The summed E-state index contributed by atoms with van der Waals surface area (Å²) >= 11 is 0. The molecular weight excluding hydrogens is 274 g/mol. The lowest BCUT2D eigenvalue weighted by molar-refractivity contribution is 0.602. The minimum absolute atomic E-state index is 0.0277. The Morgan fingerprint density at radius 1 is 1.35 bits per heavy atom. The Balaban J connectivity index is 1.68. The van der Waals surface area contributed by atoms with Gasteiger partial charge in [-0.05, 0) is 30.2 Å². The van der Waals surface area contributed by atoms with Gasteiger partial charge in [-0.3, -0.25) is 4.68 Å². The van der Waals surface area contributed by atoms with Gasteiger partial charge in [-0.2, -0.15) is 5.10 Å². The molecule has 106 valence electrons. The second-order valence-electron chi connectivity index (χ2n) is 5.15. The van der Waals surface area contributed by atoms with Crippen molar-refractivity contribution in [1.82, 2.24) is 9.78 Å². The fourth-order valence-electron chi connectivity index (χ4n) is 2.49. The van der Waals surface area contributed by atoms with Crippen molar-refractivity contribution in [3.05, 3.63) is 48.3 Å². The van der Waals surface area contributed by atoms with E-state index in [2.05, 4.69) is 10.4 Å². The summed E-state index contributed by atoms with van der Waals surface area (Å²) in [5.41, 5.74) is 2.11. The van der Waals surface area contributed by atoms with E-state index in [0.29, 0.717) is 13.0 Å². The molecule has 1 fully saturated rings. The molecule has 0 spiro atoms. The molecule has 1 unspecified atom stereocenters. The number of hydrogen-bond donors (Lipinski definition) is 1.